The number of rotatable bonds is 1. The van der Waals surface area contributed by atoms with Crippen molar-refractivity contribution in [3.05, 3.63) is 16.6 Å². The lowest BCUT2D eigenvalue weighted by molar-refractivity contribution is 0.0915. The Morgan fingerprint density at radius 1 is 1.54 bits per heavy atom. The zero-order valence-corrected chi connectivity index (χ0v) is 9.16. The summed E-state index contributed by atoms with van der Waals surface area (Å²) in [5.74, 6) is -0.100. The van der Waals surface area contributed by atoms with E-state index in [1.807, 2.05) is 27.7 Å². The summed E-state index contributed by atoms with van der Waals surface area (Å²) >= 11 is 1.35. The molecule has 0 radical (unpaired) electrons. The van der Waals surface area contributed by atoms with E-state index in [2.05, 4.69) is 9.69 Å². The average Bonchev–Trinajstić information content (AvgIpc) is 2.31. The molecule has 1 N–H and O–H groups in total. The van der Waals surface area contributed by atoms with Crippen LogP contribution >= 0.6 is 11.5 Å². The van der Waals surface area contributed by atoms with Gasteiger partial charge in [0.25, 0.3) is 5.91 Å². The topological polar surface area (TPSA) is 42.0 Å². The maximum atomic E-state index is 11.5. The van der Waals surface area contributed by atoms with Crippen LogP contribution < -0.4 is 5.32 Å². The van der Waals surface area contributed by atoms with E-state index in [-0.39, 0.29) is 11.4 Å². The van der Waals surface area contributed by atoms with Gasteiger partial charge in [0, 0.05) is 10.4 Å². The Morgan fingerprint density at radius 2 is 2.15 bits per heavy atom. The van der Waals surface area contributed by atoms with Crippen molar-refractivity contribution in [3.63, 3.8) is 0 Å². The van der Waals surface area contributed by atoms with E-state index in [4.69, 9.17) is 0 Å². The fraction of sp³-hybridized carbons (Fsp3) is 0.556. The Bertz CT molecular complexity index is 312. The third kappa shape index (κ3) is 3.14. The maximum Gasteiger partial charge on any atom is 0.271 e. The summed E-state index contributed by atoms with van der Waals surface area (Å²) in [6.45, 7) is 7.78. The third-order valence-corrected chi connectivity index (χ3v) is 2.04. The van der Waals surface area contributed by atoms with Crippen molar-refractivity contribution < 1.29 is 4.79 Å². The van der Waals surface area contributed by atoms with Gasteiger partial charge in [-0.25, -0.2) is 0 Å². The zero-order valence-electron chi connectivity index (χ0n) is 8.34. The molecule has 0 unspecified atom stereocenters. The summed E-state index contributed by atoms with van der Waals surface area (Å²) in [6, 6.07) is 1.80. The zero-order chi connectivity index (χ0) is 10.1. The van der Waals surface area contributed by atoms with Gasteiger partial charge in [0.1, 0.15) is 5.69 Å². The van der Waals surface area contributed by atoms with E-state index >= 15 is 0 Å². The number of carbonyl (C=O) groups is 1. The summed E-state index contributed by atoms with van der Waals surface area (Å²) in [5, 5.41) is 2.85. The number of nitrogens with one attached hydrogen (secondary N) is 1. The molecule has 0 spiro atoms. The van der Waals surface area contributed by atoms with Crippen LogP contribution in [0.3, 0.4) is 0 Å². The normalized spacial score (nSPS) is 11.4. The third-order valence-electron chi connectivity index (χ3n) is 1.35. The van der Waals surface area contributed by atoms with Gasteiger partial charge >= 0.3 is 0 Å². The number of hydrogen-bond acceptors (Lipinski definition) is 3. The van der Waals surface area contributed by atoms with Gasteiger partial charge < -0.3 is 5.32 Å². The van der Waals surface area contributed by atoms with Gasteiger partial charge in [-0.05, 0) is 45.3 Å². The summed E-state index contributed by atoms with van der Waals surface area (Å²) in [4.78, 5) is 12.6. The van der Waals surface area contributed by atoms with Crippen molar-refractivity contribution >= 4 is 17.4 Å². The van der Waals surface area contributed by atoms with Crippen LogP contribution in [-0.4, -0.2) is 15.8 Å². The second-order valence-corrected chi connectivity index (χ2v) is 5.04. The monoisotopic (exact) mass is 198 g/mol. The molecule has 0 aliphatic rings. The molecule has 1 aromatic rings. The number of aromatic nitrogens is 1. The van der Waals surface area contributed by atoms with Crippen molar-refractivity contribution in [2.24, 2.45) is 0 Å². The molecule has 1 amide bonds. The molecule has 1 heterocycles. The fourth-order valence-corrected chi connectivity index (χ4v) is 1.42. The number of nitrogens with zero attached hydrogens (tertiary/aromatic N) is 1. The second kappa shape index (κ2) is 3.46. The Hall–Kier alpha value is -0.900. The lowest BCUT2D eigenvalue weighted by Crippen LogP contribution is -2.40. The summed E-state index contributed by atoms with van der Waals surface area (Å²) in [7, 11) is 0. The van der Waals surface area contributed by atoms with Crippen molar-refractivity contribution in [2.45, 2.75) is 33.2 Å². The van der Waals surface area contributed by atoms with Crippen LogP contribution in [0, 0.1) is 6.92 Å². The molecule has 0 aliphatic carbocycles. The van der Waals surface area contributed by atoms with E-state index < -0.39 is 0 Å². The second-order valence-electron chi connectivity index (χ2n) is 4.03. The smallest absolute Gasteiger partial charge is 0.271 e. The van der Waals surface area contributed by atoms with Gasteiger partial charge in [0.15, 0.2) is 0 Å². The van der Waals surface area contributed by atoms with Crippen molar-refractivity contribution in [2.75, 3.05) is 0 Å². The van der Waals surface area contributed by atoms with E-state index in [0.29, 0.717) is 5.69 Å². The van der Waals surface area contributed by atoms with Gasteiger partial charge in [-0.3, -0.25) is 4.79 Å². The van der Waals surface area contributed by atoms with Gasteiger partial charge in [-0.1, -0.05) is 0 Å². The first-order valence-electron chi connectivity index (χ1n) is 4.14. The molecular weight excluding hydrogens is 184 g/mol. The Kier molecular flexibility index (Phi) is 2.71. The Balaban J connectivity index is 2.70. The number of aryl methyl sites for hydroxylation is 1. The van der Waals surface area contributed by atoms with E-state index in [0.717, 1.165) is 4.88 Å². The number of carbonyl (C=O) groups excluding carboxylic acids is 1. The Morgan fingerprint density at radius 3 is 2.54 bits per heavy atom. The van der Waals surface area contributed by atoms with Crippen LogP contribution in [0.5, 0.6) is 0 Å². The van der Waals surface area contributed by atoms with Crippen LogP contribution in [0.15, 0.2) is 6.07 Å². The van der Waals surface area contributed by atoms with Crippen molar-refractivity contribution in [1.82, 2.24) is 9.69 Å². The van der Waals surface area contributed by atoms with Gasteiger partial charge in [0.2, 0.25) is 0 Å². The molecule has 1 aromatic heterocycles. The number of amides is 1. The minimum atomic E-state index is -0.200. The molecule has 3 nitrogen and oxygen atoms in total. The molecule has 0 aromatic carbocycles. The predicted octanol–water partition coefficient (Wildman–Crippen LogP) is 1.98. The first-order valence-corrected chi connectivity index (χ1v) is 4.92. The molecule has 13 heavy (non-hydrogen) atoms. The van der Waals surface area contributed by atoms with Gasteiger partial charge in [0.05, 0.1) is 0 Å². The standard InChI is InChI=1S/C9H14N2OS/c1-6-5-7(11-13-6)8(12)10-9(2,3)4/h5H,1-4H3,(H,10,12). The first-order chi connectivity index (χ1) is 5.88. The summed E-state index contributed by atoms with van der Waals surface area (Å²) in [5.41, 5.74) is 0.312. The van der Waals surface area contributed by atoms with Crippen LogP contribution in [0.4, 0.5) is 0 Å². The lowest BCUT2D eigenvalue weighted by atomic mass is 10.1. The molecule has 72 valence electrons. The van der Waals surface area contributed by atoms with E-state index in [1.54, 1.807) is 6.07 Å². The van der Waals surface area contributed by atoms with Crippen LogP contribution in [0.2, 0.25) is 0 Å². The molecule has 1 rings (SSSR count). The van der Waals surface area contributed by atoms with E-state index in [1.165, 1.54) is 11.5 Å². The lowest BCUT2D eigenvalue weighted by Gasteiger charge is -2.19. The number of hydrogen-bond donors (Lipinski definition) is 1. The predicted molar refractivity (Wildman–Crippen MR) is 54.1 cm³/mol. The fourth-order valence-electron chi connectivity index (χ4n) is 0.878. The molecule has 0 atom stereocenters. The average molecular weight is 198 g/mol. The largest absolute Gasteiger partial charge is 0.346 e. The molecule has 0 saturated carbocycles. The Labute approximate surface area is 82.3 Å². The summed E-state index contributed by atoms with van der Waals surface area (Å²) < 4.78 is 4.03. The van der Waals surface area contributed by atoms with Crippen LogP contribution in [0.1, 0.15) is 36.1 Å². The highest BCUT2D eigenvalue weighted by atomic mass is 32.1. The highest BCUT2D eigenvalue weighted by Crippen LogP contribution is 2.09. The van der Waals surface area contributed by atoms with Crippen LogP contribution in [-0.2, 0) is 0 Å². The molecule has 0 aliphatic heterocycles. The van der Waals surface area contributed by atoms with Gasteiger partial charge in [-0.2, -0.15) is 4.37 Å². The van der Waals surface area contributed by atoms with Crippen LogP contribution in [0.25, 0.3) is 0 Å². The summed E-state index contributed by atoms with van der Waals surface area (Å²) in [6.07, 6.45) is 0. The quantitative estimate of drug-likeness (QED) is 0.749. The highest BCUT2D eigenvalue weighted by molar-refractivity contribution is 7.05. The van der Waals surface area contributed by atoms with Crippen molar-refractivity contribution in [1.29, 1.82) is 0 Å². The maximum absolute atomic E-state index is 11.5. The molecule has 0 fully saturated rings. The van der Waals surface area contributed by atoms with E-state index in [9.17, 15) is 4.79 Å². The highest BCUT2D eigenvalue weighted by Gasteiger charge is 2.16. The molecule has 0 bridgehead atoms. The first kappa shape index (κ1) is 10.2. The SMILES string of the molecule is Cc1cc(C(=O)NC(C)(C)C)ns1. The minimum Gasteiger partial charge on any atom is -0.346 e. The molecule has 0 saturated heterocycles. The minimum absolute atomic E-state index is 0.100. The molecular formula is C9H14N2OS. The van der Waals surface area contributed by atoms with Crippen molar-refractivity contribution in [3.8, 4) is 0 Å². The molecule has 4 heteroatoms. The van der Waals surface area contributed by atoms with Gasteiger partial charge in [-0.15, -0.1) is 0 Å².